The van der Waals surface area contributed by atoms with Gasteiger partial charge in [0.2, 0.25) is 0 Å². The summed E-state index contributed by atoms with van der Waals surface area (Å²) in [6.45, 7) is 1.29. The molecule has 0 bridgehead atoms. The van der Waals surface area contributed by atoms with Crippen LogP contribution in [0.1, 0.15) is 22.8 Å². The van der Waals surface area contributed by atoms with Gasteiger partial charge in [0.05, 0.1) is 19.1 Å². The normalized spacial score (nSPS) is 9.80. The smallest absolute Gasteiger partial charge is 0.309 e. The molecule has 0 radical (unpaired) electrons. The van der Waals surface area contributed by atoms with Gasteiger partial charge in [-0.15, -0.1) is 0 Å². The van der Waals surface area contributed by atoms with Crippen molar-refractivity contribution in [3.8, 4) is 0 Å². The van der Waals surface area contributed by atoms with Crippen LogP contribution in [0.5, 0.6) is 0 Å². The van der Waals surface area contributed by atoms with E-state index in [9.17, 15) is 14.0 Å². The Bertz CT molecular complexity index is 399. The van der Waals surface area contributed by atoms with Crippen molar-refractivity contribution in [2.45, 2.75) is 13.3 Å². The molecule has 1 aromatic rings. The lowest BCUT2D eigenvalue weighted by atomic mass is 10.1. The molecular formula is C11H11FO3. The van der Waals surface area contributed by atoms with E-state index in [2.05, 4.69) is 4.74 Å². The molecule has 0 fully saturated rings. The molecule has 4 heteroatoms. The third-order valence-corrected chi connectivity index (χ3v) is 1.99. The topological polar surface area (TPSA) is 43.4 Å². The SMILES string of the molecule is COC(=O)Cc1ccc(C(C)=O)c(F)c1. The van der Waals surface area contributed by atoms with Gasteiger partial charge in [-0.05, 0) is 24.6 Å². The lowest BCUT2D eigenvalue weighted by molar-refractivity contribution is -0.139. The minimum atomic E-state index is -0.607. The van der Waals surface area contributed by atoms with Gasteiger partial charge in [0, 0.05) is 0 Å². The van der Waals surface area contributed by atoms with E-state index in [1.807, 2.05) is 0 Å². The van der Waals surface area contributed by atoms with Gasteiger partial charge < -0.3 is 4.74 Å². The van der Waals surface area contributed by atoms with E-state index < -0.39 is 11.8 Å². The van der Waals surface area contributed by atoms with Crippen LogP contribution >= 0.6 is 0 Å². The van der Waals surface area contributed by atoms with E-state index >= 15 is 0 Å². The Labute approximate surface area is 86.9 Å². The molecule has 0 heterocycles. The van der Waals surface area contributed by atoms with Crippen molar-refractivity contribution in [2.24, 2.45) is 0 Å². The fraction of sp³-hybridized carbons (Fsp3) is 0.273. The summed E-state index contributed by atoms with van der Waals surface area (Å²) in [6, 6.07) is 4.08. The lowest BCUT2D eigenvalue weighted by Crippen LogP contribution is -2.06. The van der Waals surface area contributed by atoms with E-state index in [4.69, 9.17) is 0 Å². The maximum atomic E-state index is 13.3. The molecule has 0 saturated heterocycles. The van der Waals surface area contributed by atoms with E-state index in [-0.39, 0.29) is 17.8 Å². The molecule has 0 aliphatic rings. The van der Waals surface area contributed by atoms with Crippen LogP contribution in [-0.2, 0) is 16.0 Å². The van der Waals surface area contributed by atoms with Gasteiger partial charge in [-0.3, -0.25) is 9.59 Å². The zero-order chi connectivity index (χ0) is 11.4. The first-order valence-corrected chi connectivity index (χ1v) is 4.40. The number of carbonyl (C=O) groups excluding carboxylic acids is 2. The second-order valence-electron chi connectivity index (χ2n) is 3.12. The molecule has 0 aliphatic heterocycles. The molecule has 80 valence electrons. The maximum absolute atomic E-state index is 13.3. The predicted octanol–water partition coefficient (Wildman–Crippen LogP) is 1.74. The average Bonchev–Trinajstić information content (AvgIpc) is 2.17. The molecule has 0 saturated carbocycles. The van der Waals surface area contributed by atoms with E-state index in [0.717, 1.165) is 0 Å². The quantitative estimate of drug-likeness (QED) is 0.563. The summed E-state index contributed by atoms with van der Waals surface area (Å²) in [5.74, 6) is -1.38. The third kappa shape index (κ3) is 2.87. The van der Waals surface area contributed by atoms with Crippen LogP contribution in [0.15, 0.2) is 18.2 Å². The highest BCUT2D eigenvalue weighted by Gasteiger charge is 2.09. The molecule has 0 aromatic heterocycles. The van der Waals surface area contributed by atoms with E-state index in [1.54, 1.807) is 0 Å². The second kappa shape index (κ2) is 4.68. The fourth-order valence-corrected chi connectivity index (χ4v) is 1.19. The highest BCUT2D eigenvalue weighted by atomic mass is 19.1. The molecule has 0 spiro atoms. The summed E-state index contributed by atoms with van der Waals surface area (Å²) in [5.41, 5.74) is 0.521. The molecular weight excluding hydrogens is 199 g/mol. The molecule has 3 nitrogen and oxygen atoms in total. The number of esters is 1. The summed E-state index contributed by atoms with van der Waals surface area (Å²) < 4.78 is 17.7. The lowest BCUT2D eigenvalue weighted by Gasteiger charge is -2.02. The zero-order valence-corrected chi connectivity index (χ0v) is 8.54. The van der Waals surface area contributed by atoms with Crippen molar-refractivity contribution in [1.82, 2.24) is 0 Å². The summed E-state index contributed by atoms with van der Waals surface area (Å²) in [5, 5.41) is 0. The highest BCUT2D eigenvalue weighted by Crippen LogP contribution is 2.11. The van der Waals surface area contributed by atoms with E-state index in [1.165, 1.54) is 32.2 Å². The van der Waals surface area contributed by atoms with Crippen LogP contribution in [0.25, 0.3) is 0 Å². The van der Waals surface area contributed by atoms with Crippen LogP contribution in [0, 0.1) is 5.82 Å². The number of carbonyl (C=O) groups is 2. The Morgan fingerprint density at radius 3 is 2.53 bits per heavy atom. The Kier molecular flexibility index (Phi) is 3.55. The monoisotopic (exact) mass is 210 g/mol. The Balaban J connectivity index is 2.91. The fourth-order valence-electron chi connectivity index (χ4n) is 1.19. The van der Waals surface area contributed by atoms with Crippen molar-refractivity contribution >= 4 is 11.8 Å². The highest BCUT2D eigenvalue weighted by molar-refractivity contribution is 5.94. The molecule has 0 aliphatic carbocycles. The number of hydrogen-bond donors (Lipinski definition) is 0. The van der Waals surface area contributed by atoms with Crippen LogP contribution in [0.2, 0.25) is 0 Å². The standard InChI is InChI=1S/C11H11FO3/c1-7(13)9-4-3-8(5-10(9)12)6-11(14)15-2/h3-5H,6H2,1-2H3. The van der Waals surface area contributed by atoms with Gasteiger partial charge in [-0.25, -0.2) is 4.39 Å². The van der Waals surface area contributed by atoms with Gasteiger partial charge in [0.1, 0.15) is 5.82 Å². The number of benzene rings is 1. The van der Waals surface area contributed by atoms with Crippen LogP contribution in [0.4, 0.5) is 4.39 Å². The number of ether oxygens (including phenoxy) is 1. The van der Waals surface area contributed by atoms with Crippen molar-refractivity contribution in [2.75, 3.05) is 7.11 Å². The Morgan fingerprint density at radius 1 is 1.40 bits per heavy atom. The number of hydrogen-bond acceptors (Lipinski definition) is 3. The summed E-state index contributed by atoms with van der Waals surface area (Å²) in [7, 11) is 1.27. The van der Waals surface area contributed by atoms with Crippen molar-refractivity contribution in [1.29, 1.82) is 0 Å². The Morgan fingerprint density at radius 2 is 2.07 bits per heavy atom. The van der Waals surface area contributed by atoms with Crippen molar-refractivity contribution in [3.05, 3.63) is 35.1 Å². The number of rotatable bonds is 3. The second-order valence-corrected chi connectivity index (χ2v) is 3.12. The molecule has 0 amide bonds. The van der Waals surface area contributed by atoms with Gasteiger partial charge in [-0.1, -0.05) is 6.07 Å². The van der Waals surface area contributed by atoms with Gasteiger partial charge in [-0.2, -0.15) is 0 Å². The van der Waals surface area contributed by atoms with Crippen molar-refractivity contribution in [3.63, 3.8) is 0 Å². The molecule has 0 atom stereocenters. The summed E-state index contributed by atoms with van der Waals surface area (Å²) in [6.07, 6.45) is 0.00556. The van der Waals surface area contributed by atoms with Crippen molar-refractivity contribution < 1.29 is 18.7 Å². The van der Waals surface area contributed by atoms with Gasteiger partial charge in [0.15, 0.2) is 5.78 Å². The zero-order valence-electron chi connectivity index (χ0n) is 8.54. The molecule has 0 unspecified atom stereocenters. The first-order valence-electron chi connectivity index (χ1n) is 4.40. The van der Waals surface area contributed by atoms with Crippen LogP contribution in [-0.4, -0.2) is 18.9 Å². The number of methoxy groups -OCH3 is 1. The number of halogens is 1. The van der Waals surface area contributed by atoms with Crippen LogP contribution < -0.4 is 0 Å². The minimum Gasteiger partial charge on any atom is -0.469 e. The molecule has 1 aromatic carbocycles. The largest absolute Gasteiger partial charge is 0.469 e. The molecule has 1 rings (SSSR count). The predicted molar refractivity (Wildman–Crippen MR) is 52.1 cm³/mol. The first-order chi connectivity index (χ1) is 7.04. The number of ketones is 1. The maximum Gasteiger partial charge on any atom is 0.309 e. The first kappa shape index (κ1) is 11.4. The summed E-state index contributed by atoms with van der Waals surface area (Å²) >= 11 is 0. The van der Waals surface area contributed by atoms with E-state index in [0.29, 0.717) is 5.56 Å². The van der Waals surface area contributed by atoms with Crippen LogP contribution in [0.3, 0.4) is 0 Å². The van der Waals surface area contributed by atoms with Gasteiger partial charge in [0.25, 0.3) is 0 Å². The Hall–Kier alpha value is -1.71. The minimum absolute atomic E-state index is 0.00556. The third-order valence-electron chi connectivity index (χ3n) is 1.99. The summed E-state index contributed by atoms with van der Waals surface area (Å²) in [4.78, 5) is 21.8. The van der Waals surface area contributed by atoms with Gasteiger partial charge >= 0.3 is 5.97 Å². The number of Topliss-reactive ketones (excluding diaryl/α,β-unsaturated/α-hetero) is 1. The molecule has 15 heavy (non-hydrogen) atoms. The average molecular weight is 210 g/mol. The molecule has 0 N–H and O–H groups in total.